The van der Waals surface area contributed by atoms with Crippen molar-refractivity contribution in [2.75, 3.05) is 14.2 Å². The Morgan fingerprint density at radius 3 is 2.44 bits per heavy atom. The van der Waals surface area contributed by atoms with E-state index in [0.717, 1.165) is 5.75 Å². The SMILES string of the molecule is CNC(C)(C)c1c(C)[nH]c2c(C)cc(OC)cc12. The predicted molar refractivity (Wildman–Crippen MR) is 76.4 cm³/mol. The summed E-state index contributed by atoms with van der Waals surface area (Å²) in [6.45, 7) is 8.62. The lowest BCUT2D eigenvalue weighted by Gasteiger charge is -2.25. The van der Waals surface area contributed by atoms with Crippen LogP contribution in [0.15, 0.2) is 12.1 Å². The number of nitrogens with one attached hydrogen (secondary N) is 2. The third-order valence-corrected chi connectivity index (χ3v) is 3.75. The lowest BCUT2D eigenvalue weighted by Crippen LogP contribution is -2.33. The minimum atomic E-state index is -0.0683. The molecular weight excluding hydrogens is 224 g/mol. The Labute approximate surface area is 109 Å². The molecule has 0 spiro atoms. The number of H-pyrrole nitrogens is 1. The lowest BCUT2D eigenvalue weighted by molar-refractivity contribution is 0.414. The molecular formula is C15H22N2O. The molecule has 98 valence electrons. The van der Waals surface area contributed by atoms with Crippen molar-refractivity contribution in [2.45, 2.75) is 33.2 Å². The molecule has 0 aliphatic heterocycles. The quantitative estimate of drug-likeness (QED) is 0.872. The monoisotopic (exact) mass is 246 g/mol. The summed E-state index contributed by atoms with van der Waals surface area (Å²) >= 11 is 0. The Morgan fingerprint density at radius 1 is 1.22 bits per heavy atom. The maximum absolute atomic E-state index is 5.38. The highest BCUT2D eigenvalue weighted by Gasteiger charge is 2.25. The van der Waals surface area contributed by atoms with Gasteiger partial charge in [-0.1, -0.05) is 0 Å². The molecule has 1 aromatic heterocycles. The zero-order chi connectivity index (χ0) is 13.5. The fourth-order valence-electron chi connectivity index (χ4n) is 2.62. The maximum Gasteiger partial charge on any atom is 0.119 e. The first-order chi connectivity index (χ1) is 8.40. The van der Waals surface area contributed by atoms with Gasteiger partial charge in [-0.2, -0.15) is 0 Å². The summed E-state index contributed by atoms with van der Waals surface area (Å²) in [6.07, 6.45) is 0. The van der Waals surface area contributed by atoms with Crippen molar-refractivity contribution in [3.05, 3.63) is 29.0 Å². The van der Waals surface area contributed by atoms with Crippen molar-refractivity contribution in [2.24, 2.45) is 0 Å². The molecule has 2 aromatic rings. The standard InChI is InChI=1S/C15H22N2O/c1-9-7-11(18-6)8-12-13(15(3,4)16-5)10(2)17-14(9)12/h7-8,16-17H,1-6H3. The van der Waals surface area contributed by atoms with Crippen LogP contribution in [-0.4, -0.2) is 19.1 Å². The van der Waals surface area contributed by atoms with E-state index in [1.54, 1.807) is 7.11 Å². The first-order valence-corrected chi connectivity index (χ1v) is 6.27. The van der Waals surface area contributed by atoms with Crippen LogP contribution >= 0.6 is 0 Å². The summed E-state index contributed by atoms with van der Waals surface area (Å²) in [6, 6.07) is 4.18. The van der Waals surface area contributed by atoms with Crippen LogP contribution in [0.2, 0.25) is 0 Å². The number of methoxy groups -OCH3 is 1. The largest absolute Gasteiger partial charge is 0.497 e. The predicted octanol–water partition coefficient (Wildman–Crippen LogP) is 3.25. The average Bonchev–Trinajstić information content (AvgIpc) is 2.66. The van der Waals surface area contributed by atoms with Gasteiger partial charge in [0, 0.05) is 22.1 Å². The number of aromatic amines is 1. The smallest absolute Gasteiger partial charge is 0.119 e. The zero-order valence-corrected chi connectivity index (χ0v) is 12.1. The first-order valence-electron chi connectivity index (χ1n) is 6.27. The van der Waals surface area contributed by atoms with Gasteiger partial charge in [0.05, 0.1) is 7.11 Å². The summed E-state index contributed by atoms with van der Waals surface area (Å²) in [5.41, 5.74) is 4.86. The zero-order valence-electron chi connectivity index (χ0n) is 12.1. The number of ether oxygens (including phenoxy) is 1. The second-order valence-electron chi connectivity index (χ2n) is 5.37. The molecule has 3 heteroatoms. The molecule has 2 rings (SSSR count). The van der Waals surface area contributed by atoms with E-state index in [0.29, 0.717) is 0 Å². The number of aromatic nitrogens is 1. The number of benzene rings is 1. The highest BCUT2D eigenvalue weighted by atomic mass is 16.5. The topological polar surface area (TPSA) is 37.0 Å². The number of rotatable bonds is 3. The van der Waals surface area contributed by atoms with Crippen LogP contribution < -0.4 is 10.1 Å². The van der Waals surface area contributed by atoms with E-state index in [1.165, 1.54) is 27.7 Å². The molecule has 0 radical (unpaired) electrons. The van der Waals surface area contributed by atoms with Gasteiger partial charge in [-0.3, -0.25) is 0 Å². The number of aryl methyl sites for hydroxylation is 2. The Hall–Kier alpha value is -1.48. The summed E-state index contributed by atoms with van der Waals surface area (Å²) < 4.78 is 5.38. The number of hydrogen-bond acceptors (Lipinski definition) is 2. The Bertz CT molecular complexity index is 582. The lowest BCUT2D eigenvalue weighted by atomic mass is 9.91. The molecule has 1 aromatic carbocycles. The molecule has 18 heavy (non-hydrogen) atoms. The highest BCUT2D eigenvalue weighted by molar-refractivity contribution is 5.89. The summed E-state index contributed by atoms with van der Waals surface area (Å²) in [7, 11) is 3.70. The molecule has 1 heterocycles. The summed E-state index contributed by atoms with van der Waals surface area (Å²) in [5, 5.41) is 4.61. The van der Waals surface area contributed by atoms with Crippen molar-refractivity contribution in [3.63, 3.8) is 0 Å². The third kappa shape index (κ3) is 1.89. The normalized spacial score (nSPS) is 12.1. The minimum absolute atomic E-state index is 0.0683. The van der Waals surface area contributed by atoms with Gasteiger partial charge >= 0.3 is 0 Å². The van der Waals surface area contributed by atoms with E-state index in [2.05, 4.69) is 50.1 Å². The maximum atomic E-state index is 5.38. The van der Waals surface area contributed by atoms with Crippen LogP contribution in [0.1, 0.15) is 30.7 Å². The van der Waals surface area contributed by atoms with Crippen LogP contribution in [0.25, 0.3) is 10.9 Å². The molecule has 0 bridgehead atoms. The highest BCUT2D eigenvalue weighted by Crippen LogP contribution is 2.35. The number of fused-ring (bicyclic) bond motifs is 1. The Balaban J connectivity index is 2.81. The Morgan fingerprint density at radius 2 is 1.89 bits per heavy atom. The van der Waals surface area contributed by atoms with Gasteiger partial charge in [-0.15, -0.1) is 0 Å². The van der Waals surface area contributed by atoms with Crippen LogP contribution in [0.4, 0.5) is 0 Å². The molecule has 0 amide bonds. The second kappa shape index (κ2) is 4.32. The molecule has 0 saturated carbocycles. The van der Waals surface area contributed by atoms with Crippen molar-refractivity contribution in [1.82, 2.24) is 10.3 Å². The first kappa shape index (κ1) is 13.0. The van der Waals surface area contributed by atoms with Gasteiger partial charge < -0.3 is 15.0 Å². The molecule has 0 saturated heterocycles. The van der Waals surface area contributed by atoms with Gasteiger partial charge in [0.15, 0.2) is 0 Å². The van der Waals surface area contributed by atoms with Crippen LogP contribution in [-0.2, 0) is 5.54 Å². The number of hydrogen-bond donors (Lipinski definition) is 2. The molecule has 0 aliphatic rings. The summed E-state index contributed by atoms with van der Waals surface area (Å²) in [5.74, 6) is 0.909. The van der Waals surface area contributed by atoms with Crippen molar-refractivity contribution in [3.8, 4) is 5.75 Å². The molecule has 0 unspecified atom stereocenters. The summed E-state index contributed by atoms with van der Waals surface area (Å²) in [4.78, 5) is 3.49. The minimum Gasteiger partial charge on any atom is -0.497 e. The third-order valence-electron chi connectivity index (χ3n) is 3.75. The van der Waals surface area contributed by atoms with E-state index in [-0.39, 0.29) is 5.54 Å². The van der Waals surface area contributed by atoms with E-state index in [4.69, 9.17) is 4.74 Å². The Kier molecular flexibility index (Phi) is 3.11. The van der Waals surface area contributed by atoms with E-state index in [9.17, 15) is 0 Å². The van der Waals surface area contributed by atoms with Crippen LogP contribution in [0.5, 0.6) is 5.75 Å². The van der Waals surface area contributed by atoms with Gasteiger partial charge in [0.2, 0.25) is 0 Å². The van der Waals surface area contributed by atoms with E-state index < -0.39 is 0 Å². The van der Waals surface area contributed by atoms with E-state index >= 15 is 0 Å². The molecule has 3 nitrogen and oxygen atoms in total. The molecule has 0 atom stereocenters. The molecule has 0 aliphatic carbocycles. The van der Waals surface area contributed by atoms with Gasteiger partial charge in [0.25, 0.3) is 0 Å². The van der Waals surface area contributed by atoms with Crippen LogP contribution in [0, 0.1) is 13.8 Å². The van der Waals surface area contributed by atoms with Crippen LogP contribution in [0.3, 0.4) is 0 Å². The second-order valence-corrected chi connectivity index (χ2v) is 5.37. The van der Waals surface area contributed by atoms with Crippen molar-refractivity contribution < 1.29 is 4.74 Å². The van der Waals surface area contributed by atoms with Gasteiger partial charge in [-0.05, 0) is 58.0 Å². The van der Waals surface area contributed by atoms with Crippen molar-refractivity contribution in [1.29, 1.82) is 0 Å². The average molecular weight is 246 g/mol. The van der Waals surface area contributed by atoms with E-state index in [1.807, 2.05) is 7.05 Å². The molecule has 0 fully saturated rings. The molecule has 2 N–H and O–H groups in total. The van der Waals surface area contributed by atoms with Crippen molar-refractivity contribution >= 4 is 10.9 Å². The fraction of sp³-hybridized carbons (Fsp3) is 0.467. The fourth-order valence-corrected chi connectivity index (χ4v) is 2.62. The van der Waals surface area contributed by atoms with Gasteiger partial charge in [0.1, 0.15) is 5.75 Å². The van der Waals surface area contributed by atoms with Gasteiger partial charge in [-0.25, -0.2) is 0 Å².